The monoisotopic (exact) mass is 940 g/mol. The topological polar surface area (TPSA) is 286 Å². The van der Waals surface area contributed by atoms with E-state index >= 15 is 0 Å². The van der Waals surface area contributed by atoms with Crippen molar-refractivity contribution in [3.05, 3.63) is 77.6 Å². The quantitative estimate of drug-likeness (QED) is 0.181. The van der Waals surface area contributed by atoms with Crippen LogP contribution in [-0.4, -0.2) is 154 Å². The largest absolute Gasteiger partial charge is 0.480 e. The van der Waals surface area contributed by atoms with Crippen molar-refractivity contribution in [1.29, 1.82) is 0 Å². The number of aliphatic carboxylic acids is 2. The van der Waals surface area contributed by atoms with Gasteiger partial charge in [-0.05, 0) is 40.2 Å². The number of thioether (sulfide) groups is 2. The van der Waals surface area contributed by atoms with Crippen LogP contribution in [0.25, 0.3) is 11.3 Å². The normalized spacial score (nSPS) is 25.5. The highest BCUT2D eigenvalue weighted by Crippen LogP contribution is 2.52. The average molecular weight is 941 g/mol. The fraction of sp³-hybridized carbons (Fsp3) is 0.425. The third-order valence-corrected chi connectivity index (χ3v) is 15.6. The van der Waals surface area contributed by atoms with Gasteiger partial charge in [0, 0.05) is 15.1 Å². The molecule has 0 bridgehead atoms. The van der Waals surface area contributed by atoms with Crippen molar-refractivity contribution < 1.29 is 61.5 Å². The minimum Gasteiger partial charge on any atom is -0.480 e. The first-order valence-electron chi connectivity index (χ1n) is 19.7. The Morgan fingerprint density at radius 2 is 1.30 bits per heavy atom. The highest BCUT2D eigenvalue weighted by Gasteiger charge is 2.65. The Balaban J connectivity index is 0.000000197. The smallest absolute Gasteiger partial charge is 0.341 e. The molecule has 5 N–H and O–H groups in total. The molecule has 2 aromatic carbocycles. The molecule has 0 aliphatic carbocycles. The summed E-state index contributed by atoms with van der Waals surface area (Å²) in [7, 11) is -3.87. The van der Waals surface area contributed by atoms with E-state index in [2.05, 4.69) is 21.1 Å². The maximum Gasteiger partial charge on any atom is 0.341 e. The molecule has 7 atom stereocenters. The number of rotatable bonds is 10. The van der Waals surface area contributed by atoms with Gasteiger partial charge in [0.1, 0.15) is 58.0 Å². The number of nitrogens with zero attached hydrogens (tertiary/aromatic N) is 5. The second kappa shape index (κ2) is 16.8. The zero-order chi connectivity index (χ0) is 46.8. The van der Waals surface area contributed by atoms with Gasteiger partial charge < -0.3 is 40.5 Å². The van der Waals surface area contributed by atoms with E-state index in [0.29, 0.717) is 26.2 Å². The van der Waals surface area contributed by atoms with Crippen LogP contribution < -0.4 is 16.0 Å². The van der Waals surface area contributed by atoms with Gasteiger partial charge in [-0.2, -0.15) is 0 Å². The molecule has 5 aliphatic rings. The molecule has 8 amide bonds. The van der Waals surface area contributed by atoms with Crippen molar-refractivity contribution in [1.82, 2.24) is 40.1 Å². The minimum atomic E-state index is -3.87. The number of benzene rings is 2. The first-order valence-corrected chi connectivity index (χ1v) is 23.3. The molecule has 6 heterocycles. The first-order chi connectivity index (χ1) is 30.0. The van der Waals surface area contributed by atoms with E-state index < -0.39 is 102 Å². The van der Waals surface area contributed by atoms with Crippen molar-refractivity contribution in [3.63, 3.8) is 0 Å². The molecule has 5 saturated heterocycles. The zero-order valence-corrected chi connectivity index (χ0v) is 37.5. The van der Waals surface area contributed by atoms with Crippen LogP contribution in [0.4, 0.5) is 9.59 Å². The molecule has 340 valence electrons. The molecule has 4 unspecified atom stereocenters. The van der Waals surface area contributed by atoms with Crippen LogP contribution in [0, 0.1) is 6.92 Å². The summed E-state index contributed by atoms with van der Waals surface area (Å²) in [5.74, 6) is -3.97. The molecular weight excluding hydrogens is 897 g/mol. The predicted molar refractivity (Wildman–Crippen MR) is 229 cm³/mol. The van der Waals surface area contributed by atoms with Gasteiger partial charge >= 0.3 is 24.0 Å². The lowest BCUT2D eigenvalue weighted by Gasteiger charge is -2.44. The van der Waals surface area contributed by atoms with Crippen LogP contribution in [0.1, 0.15) is 55.4 Å². The van der Waals surface area contributed by atoms with E-state index in [-0.39, 0.29) is 24.6 Å². The van der Waals surface area contributed by atoms with Crippen molar-refractivity contribution >= 4 is 81.2 Å². The molecule has 0 saturated carbocycles. The van der Waals surface area contributed by atoms with Gasteiger partial charge in [0.25, 0.3) is 5.91 Å². The number of urea groups is 2. The molecule has 21 nitrogen and oxygen atoms in total. The molecule has 64 heavy (non-hydrogen) atoms. The van der Waals surface area contributed by atoms with Crippen LogP contribution in [0.3, 0.4) is 0 Å². The summed E-state index contributed by atoms with van der Waals surface area (Å²) < 4.78 is 27.9. The summed E-state index contributed by atoms with van der Waals surface area (Å²) in [5, 5.41) is 29.9. The molecular formula is C40H44N8O13S3. The average Bonchev–Trinajstić information content (AvgIpc) is 3.96. The number of hydrogen-bond donors (Lipinski definition) is 5. The second-order valence-electron chi connectivity index (χ2n) is 16.5. The van der Waals surface area contributed by atoms with E-state index in [1.54, 1.807) is 65.0 Å². The van der Waals surface area contributed by atoms with Crippen molar-refractivity contribution in [2.75, 3.05) is 19.3 Å². The third kappa shape index (κ3) is 8.12. The van der Waals surface area contributed by atoms with E-state index in [0.717, 1.165) is 11.8 Å². The molecule has 0 radical (unpaired) electrons. The Bertz CT molecular complexity index is 2560. The molecule has 5 fully saturated rings. The standard InChI is InChI=1S/C21H25N5O8S2.C19H19N3O5S/c1-21(2)14(18(29)30)26-16(28)13(17(26)35-21)22-15(27)12(11-7-5-4-6-8-11)23-19(31)24-9-10-25(20(24)32)36(3,33)34;1-9-11(12(21-27-9)10-7-5-4-6-8-10)15(23)20-13-16(24)22-14(18(25)26)19(2,3)28-17(13)22/h4-8,12-14,17H,9-10H2,1-3H3,(H,22,27)(H,23,31)(H,29,30);4-8,13-14,17H,1-3H3,(H,20,23)(H,25,26)/t;13-,14+,17-/m.1/s1. The summed E-state index contributed by atoms with van der Waals surface area (Å²) in [5.41, 5.74) is 1.77. The van der Waals surface area contributed by atoms with Gasteiger partial charge in [0.15, 0.2) is 0 Å². The summed E-state index contributed by atoms with van der Waals surface area (Å²) in [6.07, 6.45) is 0.850. The van der Waals surface area contributed by atoms with Crippen LogP contribution in [0.2, 0.25) is 0 Å². The summed E-state index contributed by atoms with van der Waals surface area (Å²) in [6, 6.07) is 10.2. The number of nitrogens with one attached hydrogen (secondary N) is 3. The number of aryl methyl sites for hydroxylation is 1. The van der Waals surface area contributed by atoms with Gasteiger partial charge in [-0.3, -0.25) is 19.2 Å². The van der Waals surface area contributed by atoms with E-state index in [4.69, 9.17) is 4.52 Å². The van der Waals surface area contributed by atoms with Crippen molar-refractivity contribution in [2.24, 2.45) is 0 Å². The highest BCUT2D eigenvalue weighted by atomic mass is 32.2. The number of carboxylic acid groups (broad SMARTS) is 2. The Kier molecular flexibility index (Phi) is 12.0. The third-order valence-electron chi connectivity index (χ3n) is 11.4. The van der Waals surface area contributed by atoms with Crippen LogP contribution in [-0.2, 0) is 34.0 Å². The second-order valence-corrected chi connectivity index (χ2v) is 22.0. The maximum atomic E-state index is 13.3. The number of carbonyl (C=O) groups is 8. The number of imide groups is 1. The van der Waals surface area contributed by atoms with Gasteiger partial charge in [-0.15, -0.1) is 23.5 Å². The Morgan fingerprint density at radius 1 is 0.797 bits per heavy atom. The lowest BCUT2D eigenvalue weighted by atomic mass is 9.95. The van der Waals surface area contributed by atoms with E-state index in [1.807, 2.05) is 30.3 Å². The van der Waals surface area contributed by atoms with Crippen molar-refractivity contribution in [3.8, 4) is 11.3 Å². The molecule has 0 spiro atoms. The molecule has 5 aliphatic heterocycles. The minimum absolute atomic E-state index is 0.193. The van der Waals surface area contributed by atoms with Crippen LogP contribution in [0.5, 0.6) is 0 Å². The Morgan fingerprint density at radius 3 is 1.78 bits per heavy atom. The van der Waals surface area contributed by atoms with Gasteiger partial charge in [0.05, 0.1) is 19.3 Å². The number of amides is 8. The maximum absolute atomic E-state index is 13.3. The molecule has 1 aromatic heterocycles. The number of sulfonamides is 1. The number of carbonyl (C=O) groups excluding carboxylic acids is 6. The van der Waals surface area contributed by atoms with Crippen molar-refractivity contribution in [2.45, 2.75) is 85.1 Å². The summed E-state index contributed by atoms with van der Waals surface area (Å²) >= 11 is 2.64. The SMILES string of the molecule is CC1(C)SC2C(NC(=O)C(NC(=O)N3CCN(S(C)(=O)=O)C3=O)c3ccccc3)C(=O)N2C1C(=O)O.Cc1onc(-c2ccccc2)c1C(=O)N[C@@H]1C(=O)N2[C@@H]1SC(C)(C)[C@@H]2C(=O)O. The van der Waals surface area contributed by atoms with E-state index in [1.165, 1.54) is 33.3 Å². The van der Waals surface area contributed by atoms with Gasteiger partial charge in [-0.1, -0.05) is 65.8 Å². The van der Waals surface area contributed by atoms with E-state index in [9.17, 15) is 57.0 Å². The fourth-order valence-corrected chi connectivity index (χ4v) is 12.4. The van der Waals surface area contributed by atoms with Gasteiger partial charge in [-0.25, -0.2) is 36.8 Å². The lowest BCUT2D eigenvalue weighted by molar-refractivity contribution is -0.161. The fourth-order valence-electron chi connectivity index (χ4n) is 8.33. The number of aromatic nitrogens is 1. The lowest BCUT2D eigenvalue weighted by Crippen LogP contribution is -2.71. The van der Waals surface area contributed by atoms with Crippen LogP contribution in [0.15, 0.2) is 65.2 Å². The number of hydrogen-bond acceptors (Lipinski definition) is 14. The molecule has 8 rings (SSSR count). The Hall–Kier alpha value is -6.14. The van der Waals surface area contributed by atoms with Gasteiger partial charge in [0.2, 0.25) is 27.7 Å². The summed E-state index contributed by atoms with van der Waals surface area (Å²) in [6.45, 7) is 8.23. The predicted octanol–water partition coefficient (Wildman–Crippen LogP) is 1.66. The first kappa shape index (κ1) is 45.9. The van der Waals surface area contributed by atoms with Crippen LogP contribution >= 0.6 is 23.5 Å². The Labute approximate surface area is 374 Å². The molecule has 24 heteroatoms. The number of carboxylic acids is 2. The number of β-lactam (4-membered cyclic amide) rings is 2. The zero-order valence-electron chi connectivity index (χ0n) is 35.1. The summed E-state index contributed by atoms with van der Waals surface area (Å²) in [4.78, 5) is 103. The molecule has 3 aromatic rings. The number of fused-ring (bicyclic) bond motifs is 2. The highest BCUT2D eigenvalue weighted by molar-refractivity contribution is 8.02.